The van der Waals surface area contributed by atoms with Crippen molar-refractivity contribution in [3.8, 4) is 5.69 Å². The Labute approximate surface area is 212 Å². The number of nitrogens with two attached hydrogens (primary N) is 1. The van der Waals surface area contributed by atoms with E-state index in [1.807, 2.05) is 49.4 Å². The maximum Gasteiger partial charge on any atom is 0.274 e. The Balaban J connectivity index is 1.41. The molecule has 1 unspecified atom stereocenters. The van der Waals surface area contributed by atoms with Gasteiger partial charge in [0.25, 0.3) is 5.91 Å². The lowest BCUT2D eigenvalue weighted by atomic mass is 9.99. The SMILES string of the molecule is Cc1cccc(C(OCC2CC2)c2cccc(NC(=O)c3cc(C)nn3-c3cccc(CN)c3)c2)c1. The summed E-state index contributed by atoms with van der Waals surface area (Å²) in [5.41, 5.74) is 12.9. The van der Waals surface area contributed by atoms with Crippen molar-refractivity contribution in [1.82, 2.24) is 9.78 Å². The minimum atomic E-state index is -0.225. The third-order valence-electron chi connectivity index (χ3n) is 6.44. The van der Waals surface area contributed by atoms with Crippen molar-refractivity contribution >= 4 is 11.6 Å². The molecule has 0 bridgehead atoms. The van der Waals surface area contributed by atoms with Crippen molar-refractivity contribution in [2.24, 2.45) is 11.7 Å². The van der Waals surface area contributed by atoms with Crippen LogP contribution in [-0.2, 0) is 11.3 Å². The minimum Gasteiger partial charge on any atom is -0.368 e. The number of nitrogens with one attached hydrogen (secondary N) is 1. The predicted molar refractivity (Wildman–Crippen MR) is 142 cm³/mol. The highest BCUT2D eigenvalue weighted by Crippen LogP contribution is 2.34. The molecule has 1 aromatic heterocycles. The van der Waals surface area contributed by atoms with Crippen molar-refractivity contribution in [1.29, 1.82) is 0 Å². The van der Waals surface area contributed by atoms with Gasteiger partial charge in [0.2, 0.25) is 0 Å². The van der Waals surface area contributed by atoms with Gasteiger partial charge in [0.1, 0.15) is 11.8 Å². The van der Waals surface area contributed by atoms with Crippen molar-refractivity contribution in [3.05, 3.63) is 113 Å². The molecular weight excluding hydrogens is 448 g/mol. The first-order valence-corrected chi connectivity index (χ1v) is 12.5. The topological polar surface area (TPSA) is 82.2 Å². The lowest BCUT2D eigenvalue weighted by molar-refractivity contribution is 0.0718. The van der Waals surface area contributed by atoms with Crippen LogP contribution in [0, 0.1) is 19.8 Å². The summed E-state index contributed by atoms with van der Waals surface area (Å²) in [5.74, 6) is 0.429. The van der Waals surface area contributed by atoms with Crippen molar-refractivity contribution in [3.63, 3.8) is 0 Å². The van der Waals surface area contributed by atoms with Crippen LogP contribution in [0.4, 0.5) is 5.69 Å². The van der Waals surface area contributed by atoms with E-state index in [1.54, 1.807) is 10.7 Å². The molecule has 1 aliphatic rings. The maximum atomic E-state index is 13.4. The number of rotatable bonds is 9. The number of anilines is 1. The molecule has 3 N–H and O–H groups in total. The van der Waals surface area contributed by atoms with Gasteiger partial charge in [-0.05, 0) is 79.6 Å². The Morgan fingerprint density at radius 1 is 1.03 bits per heavy atom. The molecule has 0 aliphatic heterocycles. The van der Waals surface area contributed by atoms with Crippen LogP contribution in [0.5, 0.6) is 0 Å². The normalized spacial score (nSPS) is 14.0. The zero-order valence-electron chi connectivity index (χ0n) is 20.8. The summed E-state index contributed by atoms with van der Waals surface area (Å²) in [6, 6.07) is 25.9. The van der Waals surface area contributed by atoms with E-state index in [9.17, 15) is 4.79 Å². The summed E-state index contributed by atoms with van der Waals surface area (Å²) in [7, 11) is 0. The van der Waals surface area contributed by atoms with Gasteiger partial charge in [0.15, 0.2) is 0 Å². The number of aryl methyl sites for hydroxylation is 2. The summed E-state index contributed by atoms with van der Waals surface area (Å²) in [6.45, 7) is 5.14. The van der Waals surface area contributed by atoms with Crippen LogP contribution >= 0.6 is 0 Å². The molecular formula is C30H32N4O2. The summed E-state index contributed by atoms with van der Waals surface area (Å²) in [6.07, 6.45) is 2.28. The fraction of sp³-hybridized carbons (Fsp3) is 0.267. The Morgan fingerprint density at radius 3 is 2.53 bits per heavy atom. The molecule has 5 rings (SSSR count). The van der Waals surface area contributed by atoms with Crippen LogP contribution in [0.3, 0.4) is 0 Å². The van der Waals surface area contributed by atoms with Crippen molar-refractivity contribution in [2.45, 2.75) is 39.3 Å². The van der Waals surface area contributed by atoms with Gasteiger partial charge < -0.3 is 15.8 Å². The van der Waals surface area contributed by atoms with Gasteiger partial charge in [-0.15, -0.1) is 0 Å². The molecule has 1 fully saturated rings. The molecule has 4 aromatic rings. The molecule has 3 aromatic carbocycles. The zero-order valence-corrected chi connectivity index (χ0v) is 20.8. The maximum absolute atomic E-state index is 13.4. The Bertz CT molecular complexity index is 1370. The number of hydrogen-bond donors (Lipinski definition) is 2. The smallest absolute Gasteiger partial charge is 0.274 e. The quantitative estimate of drug-likeness (QED) is 0.321. The Morgan fingerprint density at radius 2 is 1.78 bits per heavy atom. The molecule has 1 atom stereocenters. The van der Waals surface area contributed by atoms with E-state index in [0.717, 1.165) is 34.7 Å². The van der Waals surface area contributed by atoms with E-state index < -0.39 is 0 Å². The van der Waals surface area contributed by atoms with Crippen LogP contribution in [0.15, 0.2) is 78.9 Å². The molecule has 1 aliphatic carbocycles. The van der Waals surface area contributed by atoms with Crippen LogP contribution < -0.4 is 11.1 Å². The van der Waals surface area contributed by atoms with Crippen molar-refractivity contribution < 1.29 is 9.53 Å². The molecule has 1 amide bonds. The van der Waals surface area contributed by atoms with E-state index in [2.05, 4.69) is 47.7 Å². The molecule has 1 heterocycles. The van der Waals surface area contributed by atoms with E-state index in [4.69, 9.17) is 10.5 Å². The fourth-order valence-electron chi connectivity index (χ4n) is 4.38. The zero-order chi connectivity index (χ0) is 25.1. The third-order valence-corrected chi connectivity index (χ3v) is 6.44. The second kappa shape index (κ2) is 10.5. The lowest BCUT2D eigenvalue weighted by Gasteiger charge is -2.20. The number of carbonyl (C=O) groups is 1. The monoisotopic (exact) mass is 480 g/mol. The highest BCUT2D eigenvalue weighted by Gasteiger charge is 2.25. The molecule has 0 radical (unpaired) electrons. The van der Waals surface area contributed by atoms with E-state index in [-0.39, 0.29) is 12.0 Å². The molecule has 1 saturated carbocycles. The standard InChI is InChI=1S/C30H32N4O2/c1-20-6-3-8-24(14-20)29(36-19-22-12-13-22)25-9-5-10-26(17-25)32-30(35)28-15-21(2)33-34(28)27-11-4-7-23(16-27)18-31/h3-11,14-17,22,29H,12-13,18-19,31H2,1-2H3,(H,32,35). The fourth-order valence-corrected chi connectivity index (χ4v) is 4.38. The number of nitrogens with zero attached hydrogens (tertiary/aromatic N) is 2. The molecule has 184 valence electrons. The second-order valence-corrected chi connectivity index (χ2v) is 9.61. The first-order chi connectivity index (χ1) is 17.5. The predicted octanol–water partition coefficient (Wildman–Crippen LogP) is 5.72. The number of ether oxygens (including phenoxy) is 1. The van der Waals surface area contributed by atoms with E-state index >= 15 is 0 Å². The van der Waals surface area contributed by atoms with Gasteiger partial charge in [-0.2, -0.15) is 5.10 Å². The van der Waals surface area contributed by atoms with Gasteiger partial charge in [-0.3, -0.25) is 4.79 Å². The number of amides is 1. The second-order valence-electron chi connectivity index (χ2n) is 9.61. The summed E-state index contributed by atoms with van der Waals surface area (Å²) in [5, 5.41) is 7.62. The largest absolute Gasteiger partial charge is 0.368 e. The first-order valence-electron chi connectivity index (χ1n) is 12.5. The number of benzene rings is 3. The van der Waals surface area contributed by atoms with E-state index in [0.29, 0.717) is 23.8 Å². The first kappa shape index (κ1) is 24.0. The van der Waals surface area contributed by atoms with Gasteiger partial charge in [-0.25, -0.2) is 4.68 Å². The molecule has 6 nitrogen and oxygen atoms in total. The average Bonchev–Trinajstić information content (AvgIpc) is 3.63. The van der Waals surface area contributed by atoms with Gasteiger partial charge >= 0.3 is 0 Å². The van der Waals surface area contributed by atoms with Gasteiger partial charge in [0, 0.05) is 12.2 Å². The average molecular weight is 481 g/mol. The molecule has 6 heteroatoms. The van der Waals surface area contributed by atoms with Gasteiger partial charge in [0.05, 0.1) is 18.0 Å². The third kappa shape index (κ3) is 5.56. The lowest BCUT2D eigenvalue weighted by Crippen LogP contribution is -2.17. The van der Waals surface area contributed by atoms with E-state index in [1.165, 1.54) is 18.4 Å². The van der Waals surface area contributed by atoms with Crippen LogP contribution in [0.1, 0.15) is 57.4 Å². The van der Waals surface area contributed by atoms with Crippen LogP contribution in [0.2, 0.25) is 0 Å². The van der Waals surface area contributed by atoms with Crippen LogP contribution in [0.25, 0.3) is 5.69 Å². The molecule has 0 saturated heterocycles. The summed E-state index contributed by atoms with van der Waals surface area (Å²) < 4.78 is 8.07. The number of carbonyl (C=O) groups excluding carboxylic acids is 1. The van der Waals surface area contributed by atoms with Gasteiger partial charge in [-0.1, -0.05) is 54.1 Å². The highest BCUT2D eigenvalue weighted by atomic mass is 16.5. The molecule has 0 spiro atoms. The van der Waals surface area contributed by atoms with Crippen LogP contribution in [-0.4, -0.2) is 22.3 Å². The Hall–Kier alpha value is -3.74. The Kier molecular flexibility index (Phi) is 6.98. The summed E-state index contributed by atoms with van der Waals surface area (Å²) >= 11 is 0. The van der Waals surface area contributed by atoms with Crippen molar-refractivity contribution in [2.75, 3.05) is 11.9 Å². The molecule has 36 heavy (non-hydrogen) atoms. The summed E-state index contributed by atoms with van der Waals surface area (Å²) in [4.78, 5) is 13.4. The number of hydrogen-bond acceptors (Lipinski definition) is 4. The highest BCUT2D eigenvalue weighted by molar-refractivity contribution is 6.03. The minimum absolute atomic E-state index is 0.186. The number of aromatic nitrogens is 2.